The molecule has 0 atom stereocenters. The van der Waals surface area contributed by atoms with Crippen LogP contribution in [0.15, 0.2) is 18.2 Å². The average Bonchev–Trinajstić information content (AvgIpc) is 2.08. The number of rotatable bonds is 1. The predicted octanol–water partition coefficient (Wildman–Crippen LogP) is 1.89. The monoisotopic (exact) mass is 180 g/mol. The zero-order chi connectivity index (χ0) is 9.14. The Morgan fingerprint density at radius 1 is 1.42 bits per heavy atom. The number of nitrogens with zero attached hydrogens (tertiary/aromatic N) is 1. The van der Waals surface area contributed by atoms with Crippen LogP contribution in [0.3, 0.4) is 0 Å². The summed E-state index contributed by atoms with van der Waals surface area (Å²) in [4.78, 5) is 11.1. The summed E-state index contributed by atoms with van der Waals surface area (Å²) in [7, 11) is 0. The van der Waals surface area contributed by atoms with Gasteiger partial charge in [-0.25, -0.2) is 4.79 Å². The molecule has 0 saturated heterocycles. The van der Waals surface area contributed by atoms with Crippen LogP contribution in [-0.2, 0) is 0 Å². The van der Waals surface area contributed by atoms with E-state index in [1.165, 1.54) is 0 Å². The Morgan fingerprint density at radius 3 is 2.67 bits per heavy atom. The van der Waals surface area contributed by atoms with E-state index >= 15 is 0 Å². The Labute approximate surface area is 77.5 Å². The van der Waals surface area contributed by atoms with Gasteiger partial charge in [0.1, 0.15) is 0 Å². The topological polar surface area (TPSA) is 31.2 Å². The summed E-state index contributed by atoms with van der Waals surface area (Å²) in [5.41, 5.74) is 2.70. The normalized spacial score (nSPS) is 9.92. The molecular weight excluding hydrogens is 170 g/mol. The average molecular weight is 180 g/mol. The molecule has 3 heteroatoms. The number of benzene rings is 1. The summed E-state index contributed by atoms with van der Waals surface area (Å²) >= 11 is 3.58. The van der Waals surface area contributed by atoms with Gasteiger partial charge in [-0.05, 0) is 31.0 Å². The van der Waals surface area contributed by atoms with Crippen LogP contribution in [0.25, 0.3) is 0 Å². The smallest absolute Gasteiger partial charge is 0.212 e. The summed E-state index contributed by atoms with van der Waals surface area (Å²) in [6, 6.07) is 5.56. The van der Waals surface area contributed by atoms with E-state index in [4.69, 9.17) is 0 Å². The van der Waals surface area contributed by atoms with Gasteiger partial charge in [0.25, 0.3) is 0 Å². The second-order valence-electron chi connectivity index (χ2n) is 2.65. The van der Waals surface area contributed by atoms with E-state index < -0.39 is 0 Å². The van der Waals surface area contributed by atoms with E-state index in [2.05, 4.69) is 17.5 Å². The van der Waals surface area contributed by atoms with Crippen molar-refractivity contribution >= 4 is 18.7 Å². The molecule has 0 spiro atoms. The van der Waals surface area contributed by atoms with Gasteiger partial charge in [0.05, 0.1) is 5.56 Å². The SMILES string of the molecule is Cc1cccc(C(=O)[N+]S)c1C. The largest absolute Gasteiger partial charge is 0.468 e. The first-order valence-corrected chi connectivity index (χ1v) is 4.02. The predicted molar refractivity (Wildman–Crippen MR) is 51.4 cm³/mol. The molecule has 0 aliphatic heterocycles. The van der Waals surface area contributed by atoms with Gasteiger partial charge in [-0.2, -0.15) is 0 Å². The molecule has 1 aromatic carbocycles. The van der Waals surface area contributed by atoms with E-state index in [0.717, 1.165) is 11.1 Å². The van der Waals surface area contributed by atoms with Gasteiger partial charge in [0.2, 0.25) is 4.72 Å². The quantitative estimate of drug-likeness (QED) is 0.657. The fourth-order valence-corrected chi connectivity index (χ4v) is 1.14. The minimum Gasteiger partial charge on any atom is -0.212 e. The Bertz CT molecular complexity index is 309. The number of hydrogen-bond donors (Lipinski definition) is 1. The molecule has 62 valence electrons. The van der Waals surface area contributed by atoms with Crippen LogP contribution in [0.2, 0.25) is 0 Å². The first-order chi connectivity index (χ1) is 5.66. The molecule has 1 aromatic rings. The van der Waals surface area contributed by atoms with Crippen molar-refractivity contribution in [1.29, 1.82) is 0 Å². The number of carbonyl (C=O) groups is 1. The van der Waals surface area contributed by atoms with Crippen LogP contribution < -0.4 is 4.72 Å². The van der Waals surface area contributed by atoms with Gasteiger partial charge in [0, 0.05) is 0 Å². The minimum atomic E-state index is -0.278. The molecule has 0 saturated carbocycles. The van der Waals surface area contributed by atoms with Gasteiger partial charge in [-0.1, -0.05) is 12.1 Å². The molecule has 0 fully saturated rings. The lowest BCUT2D eigenvalue weighted by Crippen LogP contribution is -2.08. The third-order valence-electron chi connectivity index (χ3n) is 1.93. The summed E-state index contributed by atoms with van der Waals surface area (Å²) in [6.07, 6.45) is 0. The molecule has 2 nitrogen and oxygen atoms in total. The van der Waals surface area contributed by atoms with Crippen LogP contribution in [0, 0.1) is 13.8 Å². The molecule has 0 aliphatic carbocycles. The molecule has 2 radical (unpaired) electrons. The molecule has 1 amide bonds. The molecule has 0 N–H and O–H groups in total. The van der Waals surface area contributed by atoms with Gasteiger partial charge in [-0.3, -0.25) is 0 Å². The van der Waals surface area contributed by atoms with Crippen molar-refractivity contribution in [2.75, 3.05) is 0 Å². The summed E-state index contributed by atoms with van der Waals surface area (Å²) in [5.74, 6) is -0.278. The molecular formula is C9H10NOS+. The van der Waals surface area contributed by atoms with E-state index in [1.54, 1.807) is 6.07 Å². The van der Waals surface area contributed by atoms with E-state index in [-0.39, 0.29) is 5.91 Å². The minimum absolute atomic E-state index is 0.278. The number of carbonyl (C=O) groups excluding carboxylic acids is 1. The van der Waals surface area contributed by atoms with Crippen molar-refractivity contribution in [3.8, 4) is 0 Å². The number of amides is 1. The second-order valence-corrected chi connectivity index (χ2v) is 2.85. The van der Waals surface area contributed by atoms with Gasteiger partial charge in [0.15, 0.2) is 12.8 Å². The standard InChI is InChI=1S/C9H10NOS/c1-6-4-3-5-8(7(6)2)9(11)10-12/h3-5,12H,1-2H3/q+1. The van der Waals surface area contributed by atoms with Crippen LogP contribution in [-0.4, -0.2) is 5.91 Å². The van der Waals surface area contributed by atoms with Crippen molar-refractivity contribution in [1.82, 2.24) is 4.72 Å². The summed E-state index contributed by atoms with van der Waals surface area (Å²) < 4.78 is 3.32. The van der Waals surface area contributed by atoms with Crippen molar-refractivity contribution in [2.24, 2.45) is 0 Å². The van der Waals surface area contributed by atoms with E-state index in [9.17, 15) is 4.79 Å². The highest BCUT2D eigenvalue weighted by Crippen LogP contribution is 2.12. The van der Waals surface area contributed by atoms with Crippen molar-refractivity contribution in [2.45, 2.75) is 13.8 Å². The zero-order valence-electron chi connectivity index (χ0n) is 7.03. The van der Waals surface area contributed by atoms with Gasteiger partial charge < -0.3 is 0 Å². The molecule has 0 aromatic heterocycles. The highest BCUT2D eigenvalue weighted by molar-refractivity contribution is 7.78. The van der Waals surface area contributed by atoms with Crippen LogP contribution in [0.4, 0.5) is 0 Å². The maximum atomic E-state index is 11.1. The van der Waals surface area contributed by atoms with Gasteiger partial charge in [-0.15, -0.1) is 0 Å². The van der Waals surface area contributed by atoms with E-state index in [1.807, 2.05) is 26.0 Å². The molecule has 0 heterocycles. The van der Waals surface area contributed by atoms with Crippen LogP contribution in [0.1, 0.15) is 21.5 Å². The number of thiol groups is 1. The Kier molecular flexibility index (Phi) is 2.89. The first kappa shape index (κ1) is 9.29. The maximum absolute atomic E-state index is 11.1. The summed E-state index contributed by atoms with van der Waals surface area (Å²) in [6.45, 7) is 3.87. The number of hydrogen-bond acceptors (Lipinski definition) is 2. The van der Waals surface area contributed by atoms with Crippen LogP contribution >= 0.6 is 12.8 Å². The fraction of sp³-hybridized carbons (Fsp3) is 0.222. The highest BCUT2D eigenvalue weighted by Gasteiger charge is 2.20. The Morgan fingerprint density at radius 2 is 2.08 bits per heavy atom. The van der Waals surface area contributed by atoms with E-state index in [0.29, 0.717) is 5.56 Å². The van der Waals surface area contributed by atoms with Crippen molar-refractivity contribution in [3.05, 3.63) is 34.9 Å². The molecule has 12 heavy (non-hydrogen) atoms. The maximum Gasteiger partial charge on any atom is 0.468 e. The lowest BCUT2D eigenvalue weighted by atomic mass is 10.0. The Hall–Kier alpha value is -0.800. The van der Waals surface area contributed by atoms with Crippen molar-refractivity contribution in [3.63, 3.8) is 0 Å². The molecule has 0 unspecified atom stereocenters. The lowest BCUT2D eigenvalue weighted by molar-refractivity contribution is 0.0981. The van der Waals surface area contributed by atoms with Crippen molar-refractivity contribution < 1.29 is 4.79 Å². The molecule has 1 rings (SSSR count). The molecule has 0 bridgehead atoms. The fourth-order valence-electron chi connectivity index (χ4n) is 1.04. The second kappa shape index (κ2) is 3.74. The molecule has 0 aliphatic rings. The zero-order valence-corrected chi connectivity index (χ0v) is 7.93. The third kappa shape index (κ3) is 1.68. The third-order valence-corrected chi connectivity index (χ3v) is 2.11. The highest BCUT2D eigenvalue weighted by atomic mass is 32.1. The number of aryl methyl sites for hydroxylation is 1. The Balaban J connectivity index is 3.16. The summed E-state index contributed by atoms with van der Waals surface area (Å²) in [5, 5.41) is 0. The van der Waals surface area contributed by atoms with Crippen LogP contribution in [0.5, 0.6) is 0 Å². The lowest BCUT2D eigenvalue weighted by Gasteiger charge is -1.99. The van der Waals surface area contributed by atoms with Gasteiger partial charge >= 0.3 is 5.91 Å². The first-order valence-electron chi connectivity index (χ1n) is 3.62.